The van der Waals surface area contributed by atoms with Gasteiger partial charge < -0.3 is 20.4 Å². The van der Waals surface area contributed by atoms with Crippen LogP contribution in [0.5, 0.6) is 0 Å². The van der Waals surface area contributed by atoms with E-state index in [0.29, 0.717) is 23.4 Å². The van der Waals surface area contributed by atoms with Crippen molar-refractivity contribution in [3.05, 3.63) is 11.8 Å². The summed E-state index contributed by atoms with van der Waals surface area (Å²) >= 11 is 1.37. The molecule has 3 N–H and O–H groups in total. The smallest absolute Gasteiger partial charge is 0.341 e. The molecule has 1 aliphatic heterocycles. The van der Waals surface area contributed by atoms with Gasteiger partial charge in [0.1, 0.15) is 11.4 Å². The predicted octanol–water partition coefficient (Wildman–Crippen LogP) is 1.01. The van der Waals surface area contributed by atoms with Gasteiger partial charge in [-0.25, -0.2) is 14.8 Å². The van der Waals surface area contributed by atoms with Crippen LogP contribution >= 0.6 is 11.8 Å². The van der Waals surface area contributed by atoms with Crippen LogP contribution < -0.4 is 5.32 Å². The second-order valence-corrected chi connectivity index (χ2v) is 6.12. The number of carboxylic acid groups (broad SMARTS) is 1. The maximum atomic E-state index is 11.2. The number of nitrogens with zero attached hydrogens (tertiary/aromatic N) is 3. The van der Waals surface area contributed by atoms with Crippen molar-refractivity contribution >= 4 is 23.5 Å². The molecule has 0 aliphatic carbocycles. The van der Waals surface area contributed by atoms with Gasteiger partial charge in [0, 0.05) is 32.4 Å². The van der Waals surface area contributed by atoms with Crippen molar-refractivity contribution < 1.29 is 15.0 Å². The number of nitrogens with one attached hydrogen (secondary N) is 1. The fourth-order valence-electron chi connectivity index (χ4n) is 2.59. The van der Waals surface area contributed by atoms with Gasteiger partial charge >= 0.3 is 5.97 Å². The molecule has 0 bridgehead atoms. The minimum Gasteiger partial charge on any atom is -0.477 e. The number of hydrogen-bond donors (Lipinski definition) is 3. The molecule has 1 atom stereocenters. The predicted molar refractivity (Wildman–Crippen MR) is 85.5 cm³/mol. The number of aromatic nitrogens is 2. The van der Waals surface area contributed by atoms with Crippen molar-refractivity contribution in [2.24, 2.45) is 5.92 Å². The van der Waals surface area contributed by atoms with E-state index < -0.39 is 5.97 Å². The number of aliphatic hydroxyl groups is 1. The first-order valence-corrected chi connectivity index (χ1v) is 8.58. The summed E-state index contributed by atoms with van der Waals surface area (Å²) in [5.41, 5.74) is 0.0877. The molecule has 7 nitrogen and oxygen atoms in total. The first-order chi connectivity index (χ1) is 10.6. The second-order valence-electron chi connectivity index (χ2n) is 5.34. The summed E-state index contributed by atoms with van der Waals surface area (Å²) in [5, 5.41) is 22.1. The van der Waals surface area contributed by atoms with Crippen LogP contribution in [0.4, 0.5) is 5.82 Å². The summed E-state index contributed by atoms with van der Waals surface area (Å²) in [6.07, 6.45) is 5.36. The summed E-state index contributed by atoms with van der Waals surface area (Å²) in [6, 6.07) is 0. The molecule has 0 amide bonds. The quantitative estimate of drug-likeness (QED) is 0.504. The minimum atomic E-state index is -1.03. The van der Waals surface area contributed by atoms with Gasteiger partial charge in [0.25, 0.3) is 0 Å². The van der Waals surface area contributed by atoms with E-state index in [4.69, 9.17) is 0 Å². The third kappa shape index (κ3) is 4.56. The standard InChI is InChI=1S/C14H22N4O3S/c1-22-14-16-7-11(13(20)21)12(17-14)15-4-6-18-5-2-3-10(8-18)9-19/h7,10,19H,2-6,8-9H2,1H3,(H,20,21)(H,15,16,17). The van der Waals surface area contributed by atoms with Crippen LogP contribution in [0, 0.1) is 5.92 Å². The Kier molecular flexibility index (Phi) is 6.41. The summed E-state index contributed by atoms with van der Waals surface area (Å²) in [6.45, 7) is 3.56. The van der Waals surface area contributed by atoms with E-state index in [1.807, 2.05) is 6.26 Å². The number of piperidine rings is 1. The lowest BCUT2D eigenvalue weighted by Crippen LogP contribution is -2.39. The molecule has 1 fully saturated rings. The van der Waals surface area contributed by atoms with Crippen molar-refractivity contribution in [1.82, 2.24) is 14.9 Å². The Labute approximate surface area is 134 Å². The van der Waals surface area contributed by atoms with E-state index in [1.165, 1.54) is 18.0 Å². The van der Waals surface area contributed by atoms with E-state index in [2.05, 4.69) is 20.2 Å². The van der Waals surface area contributed by atoms with Gasteiger partial charge in [0.15, 0.2) is 5.16 Å². The van der Waals surface area contributed by atoms with E-state index in [-0.39, 0.29) is 12.2 Å². The highest BCUT2D eigenvalue weighted by atomic mass is 32.2. The molecule has 1 aliphatic rings. The van der Waals surface area contributed by atoms with Crippen LogP contribution in [-0.4, -0.2) is 70.1 Å². The van der Waals surface area contributed by atoms with Crippen molar-refractivity contribution in [1.29, 1.82) is 0 Å². The van der Waals surface area contributed by atoms with Crippen LogP contribution in [0.1, 0.15) is 23.2 Å². The molecule has 2 heterocycles. The summed E-state index contributed by atoms with van der Waals surface area (Å²) < 4.78 is 0. The number of likely N-dealkylation sites (tertiary alicyclic amines) is 1. The highest BCUT2D eigenvalue weighted by molar-refractivity contribution is 7.98. The van der Waals surface area contributed by atoms with E-state index in [1.54, 1.807) is 0 Å². The topological polar surface area (TPSA) is 98.6 Å². The number of aliphatic hydroxyl groups excluding tert-OH is 1. The number of thioether (sulfide) groups is 1. The van der Waals surface area contributed by atoms with Gasteiger partial charge in [0.2, 0.25) is 0 Å². The first kappa shape index (κ1) is 17.0. The van der Waals surface area contributed by atoms with Gasteiger partial charge in [-0.05, 0) is 31.6 Å². The zero-order valence-electron chi connectivity index (χ0n) is 12.7. The SMILES string of the molecule is CSc1ncc(C(=O)O)c(NCCN2CCCC(CO)C2)n1. The lowest BCUT2D eigenvalue weighted by atomic mass is 9.99. The van der Waals surface area contributed by atoms with Crippen LogP contribution in [0.25, 0.3) is 0 Å². The first-order valence-electron chi connectivity index (χ1n) is 7.35. The number of anilines is 1. The highest BCUT2D eigenvalue weighted by Crippen LogP contribution is 2.17. The van der Waals surface area contributed by atoms with Crippen molar-refractivity contribution in [2.45, 2.75) is 18.0 Å². The average Bonchev–Trinajstić information content (AvgIpc) is 2.54. The third-order valence-corrected chi connectivity index (χ3v) is 4.32. The number of hydrogen-bond acceptors (Lipinski definition) is 7. The Bertz CT molecular complexity index is 515. The summed E-state index contributed by atoms with van der Waals surface area (Å²) in [4.78, 5) is 21.7. The summed E-state index contributed by atoms with van der Waals surface area (Å²) in [5.74, 6) is -0.318. The normalized spacial score (nSPS) is 19.1. The molecule has 0 spiro atoms. The van der Waals surface area contributed by atoms with Gasteiger partial charge in [-0.15, -0.1) is 0 Å². The van der Waals surface area contributed by atoms with Gasteiger partial charge in [-0.1, -0.05) is 11.8 Å². The molecule has 1 saturated heterocycles. The Balaban J connectivity index is 1.91. The Morgan fingerprint density at radius 2 is 2.41 bits per heavy atom. The molecule has 1 aromatic heterocycles. The van der Waals surface area contributed by atoms with Crippen molar-refractivity contribution in [3.8, 4) is 0 Å². The number of rotatable bonds is 7. The van der Waals surface area contributed by atoms with Gasteiger partial charge in [-0.3, -0.25) is 0 Å². The van der Waals surface area contributed by atoms with Crippen LogP contribution in [0.15, 0.2) is 11.4 Å². The third-order valence-electron chi connectivity index (χ3n) is 3.76. The molecular formula is C14H22N4O3S. The number of carbonyl (C=O) groups is 1. The highest BCUT2D eigenvalue weighted by Gasteiger charge is 2.19. The zero-order chi connectivity index (χ0) is 15.9. The van der Waals surface area contributed by atoms with E-state index in [0.717, 1.165) is 32.5 Å². The molecule has 122 valence electrons. The maximum Gasteiger partial charge on any atom is 0.341 e. The van der Waals surface area contributed by atoms with Crippen molar-refractivity contribution in [3.63, 3.8) is 0 Å². The molecule has 0 radical (unpaired) electrons. The molecular weight excluding hydrogens is 304 g/mol. The Morgan fingerprint density at radius 3 is 3.09 bits per heavy atom. The van der Waals surface area contributed by atoms with Crippen LogP contribution in [-0.2, 0) is 0 Å². The van der Waals surface area contributed by atoms with E-state index in [9.17, 15) is 15.0 Å². The molecule has 2 rings (SSSR count). The maximum absolute atomic E-state index is 11.2. The fraction of sp³-hybridized carbons (Fsp3) is 0.643. The largest absolute Gasteiger partial charge is 0.477 e. The Morgan fingerprint density at radius 1 is 1.59 bits per heavy atom. The van der Waals surface area contributed by atoms with E-state index >= 15 is 0 Å². The molecule has 0 aromatic carbocycles. The average molecular weight is 326 g/mol. The van der Waals surface area contributed by atoms with Gasteiger partial charge in [0.05, 0.1) is 0 Å². The molecule has 22 heavy (non-hydrogen) atoms. The molecule has 1 aromatic rings. The molecule has 1 unspecified atom stereocenters. The zero-order valence-corrected chi connectivity index (χ0v) is 13.5. The van der Waals surface area contributed by atoms with Crippen LogP contribution in [0.2, 0.25) is 0 Å². The van der Waals surface area contributed by atoms with Crippen molar-refractivity contribution in [2.75, 3.05) is 44.4 Å². The second kappa shape index (κ2) is 8.30. The van der Waals surface area contributed by atoms with Crippen LogP contribution in [0.3, 0.4) is 0 Å². The monoisotopic (exact) mass is 326 g/mol. The Hall–Kier alpha value is -1.38. The number of aromatic carboxylic acids is 1. The lowest BCUT2D eigenvalue weighted by molar-refractivity contribution is 0.0696. The molecule has 0 saturated carbocycles. The van der Waals surface area contributed by atoms with Gasteiger partial charge in [-0.2, -0.15) is 0 Å². The minimum absolute atomic E-state index is 0.0877. The number of carboxylic acids is 1. The lowest BCUT2D eigenvalue weighted by Gasteiger charge is -2.31. The summed E-state index contributed by atoms with van der Waals surface area (Å²) in [7, 11) is 0. The fourth-order valence-corrected chi connectivity index (χ4v) is 2.93. The molecule has 8 heteroatoms.